The topological polar surface area (TPSA) is 24.5 Å². The highest BCUT2D eigenvalue weighted by Gasteiger charge is 2.20. The average molecular weight is 274 g/mol. The summed E-state index contributed by atoms with van der Waals surface area (Å²) >= 11 is 0. The second-order valence-electron chi connectivity index (χ2n) is 5.94. The van der Waals surface area contributed by atoms with Crippen molar-refractivity contribution in [3.05, 3.63) is 29.8 Å². The van der Waals surface area contributed by atoms with Gasteiger partial charge in [-0.25, -0.2) is 0 Å². The number of piperidine rings is 1. The van der Waals surface area contributed by atoms with Crippen molar-refractivity contribution in [1.82, 2.24) is 10.2 Å². The number of fused-ring (bicyclic) bond motifs is 1. The zero-order valence-corrected chi connectivity index (χ0v) is 12.3. The van der Waals surface area contributed by atoms with Crippen LogP contribution in [0.15, 0.2) is 24.3 Å². The molecule has 1 unspecified atom stereocenters. The summed E-state index contributed by atoms with van der Waals surface area (Å²) in [6, 6.07) is 8.91. The van der Waals surface area contributed by atoms with Crippen LogP contribution < -0.4 is 10.1 Å². The lowest BCUT2D eigenvalue weighted by Crippen LogP contribution is -2.33. The average Bonchev–Trinajstić information content (AvgIpc) is 2.53. The van der Waals surface area contributed by atoms with E-state index in [-0.39, 0.29) is 0 Å². The van der Waals surface area contributed by atoms with Gasteiger partial charge < -0.3 is 15.0 Å². The summed E-state index contributed by atoms with van der Waals surface area (Å²) in [7, 11) is 0. The lowest BCUT2D eigenvalue weighted by Gasteiger charge is -2.28. The molecule has 0 saturated carbocycles. The van der Waals surface area contributed by atoms with Crippen molar-refractivity contribution in [2.45, 2.75) is 38.1 Å². The largest absolute Gasteiger partial charge is 0.493 e. The van der Waals surface area contributed by atoms with Crippen LogP contribution in [-0.4, -0.2) is 37.7 Å². The molecule has 0 aromatic heterocycles. The van der Waals surface area contributed by atoms with Crippen LogP contribution in [0.4, 0.5) is 0 Å². The number of likely N-dealkylation sites (tertiary alicyclic amines) is 1. The van der Waals surface area contributed by atoms with Gasteiger partial charge in [0.05, 0.1) is 6.61 Å². The number of benzene rings is 1. The Morgan fingerprint density at radius 2 is 2.00 bits per heavy atom. The Kier molecular flexibility index (Phi) is 4.93. The maximum absolute atomic E-state index is 5.71. The monoisotopic (exact) mass is 274 g/mol. The molecule has 2 aliphatic rings. The summed E-state index contributed by atoms with van der Waals surface area (Å²) in [4.78, 5) is 2.61. The van der Waals surface area contributed by atoms with Crippen molar-refractivity contribution in [2.24, 2.45) is 0 Å². The predicted octanol–water partition coefficient (Wildman–Crippen LogP) is 2.98. The zero-order chi connectivity index (χ0) is 13.6. The summed E-state index contributed by atoms with van der Waals surface area (Å²) in [5.74, 6) is 1.06. The third-order valence-electron chi connectivity index (χ3n) is 4.45. The summed E-state index contributed by atoms with van der Waals surface area (Å²) in [6.45, 7) is 5.80. The van der Waals surface area contributed by atoms with E-state index >= 15 is 0 Å². The molecule has 0 bridgehead atoms. The number of hydrogen-bond acceptors (Lipinski definition) is 3. The van der Waals surface area contributed by atoms with Gasteiger partial charge in [-0.2, -0.15) is 0 Å². The van der Waals surface area contributed by atoms with E-state index in [9.17, 15) is 0 Å². The van der Waals surface area contributed by atoms with Gasteiger partial charge in [0.1, 0.15) is 5.75 Å². The van der Waals surface area contributed by atoms with Crippen LogP contribution in [0.3, 0.4) is 0 Å². The Morgan fingerprint density at radius 1 is 1.15 bits per heavy atom. The quantitative estimate of drug-likeness (QED) is 0.835. The maximum Gasteiger partial charge on any atom is 0.124 e. The molecule has 3 nitrogen and oxygen atoms in total. The molecule has 3 rings (SSSR count). The molecule has 1 aromatic carbocycles. The fourth-order valence-electron chi connectivity index (χ4n) is 3.32. The van der Waals surface area contributed by atoms with Gasteiger partial charge in [0.15, 0.2) is 0 Å². The number of nitrogens with one attached hydrogen (secondary N) is 1. The molecule has 1 aromatic rings. The molecule has 0 amide bonds. The lowest BCUT2D eigenvalue weighted by molar-refractivity contribution is 0.220. The maximum atomic E-state index is 5.71. The third-order valence-corrected chi connectivity index (χ3v) is 4.45. The first-order valence-electron chi connectivity index (χ1n) is 8.11. The third kappa shape index (κ3) is 3.53. The molecule has 1 saturated heterocycles. The summed E-state index contributed by atoms with van der Waals surface area (Å²) in [6.07, 6.45) is 6.54. The van der Waals surface area contributed by atoms with Crippen molar-refractivity contribution < 1.29 is 4.74 Å². The summed E-state index contributed by atoms with van der Waals surface area (Å²) in [5, 5.41) is 3.71. The number of rotatable bonds is 5. The van der Waals surface area contributed by atoms with Crippen LogP contribution in [-0.2, 0) is 0 Å². The van der Waals surface area contributed by atoms with E-state index in [0.717, 1.165) is 25.3 Å². The minimum Gasteiger partial charge on any atom is -0.493 e. The van der Waals surface area contributed by atoms with E-state index in [4.69, 9.17) is 4.74 Å². The van der Waals surface area contributed by atoms with Crippen LogP contribution in [0.5, 0.6) is 5.75 Å². The summed E-state index contributed by atoms with van der Waals surface area (Å²) < 4.78 is 5.71. The molecule has 2 aliphatic heterocycles. The Bertz CT molecular complexity index is 415. The SMILES string of the molecule is c1ccc2c(c1)OCCC2NCCCN1CCCCC1. The number of hydrogen-bond donors (Lipinski definition) is 1. The van der Waals surface area contributed by atoms with Crippen molar-refractivity contribution in [2.75, 3.05) is 32.8 Å². The Morgan fingerprint density at radius 3 is 2.90 bits per heavy atom. The van der Waals surface area contributed by atoms with Gasteiger partial charge in [-0.3, -0.25) is 0 Å². The highest BCUT2D eigenvalue weighted by molar-refractivity contribution is 5.37. The van der Waals surface area contributed by atoms with E-state index in [2.05, 4.69) is 34.5 Å². The Hall–Kier alpha value is -1.06. The van der Waals surface area contributed by atoms with Crippen LogP contribution in [0.2, 0.25) is 0 Å². The molecule has 1 N–H and O–H groups in total. The van der Waals surface area contributed by atoms with Gasteiger partial charge in [0.25, 0.3) is 0 Å². The normalized spacial score (nSPS) is 23.1. The predicted molar refractivity (Wildman–Crippen MR) is 82.2 cm³/mol. The second kappa shape index (κ2) is 7.09. The lowest BCUT2D eigenvalue weighted by atomic mass is 10.0. The molecular formula is C17H26N2O. The van der Waals surface area contributed by atoms with Crippen LogP contribution in [0.25, 0.3) is 0 Å². The smallest absolute Gasteiger partial charge is 0.124 e. The van der Waals surface area contributed by atoms with E-state index < -0.39 is 0 Å². The fraction of sp³-hybridized carbons (Fsp3) is 0.647. The van der Waals surface area contributed by atoms with Crippen LogP contribution in [0.1, 0.15) is 43.7 Å². The minimum absolute atomic E-state index is 0.473. The number of ether oxygens (including phenoxy) is 1. The van der Waals surface area contributed by atoms with Crippen molar-refractivity contribution >= 4 is 0 Å². The highest BCUT2D eigenvalue weighted by Crippen LogP contribution is 2.31. The van der Waals surface area contributed by atoms with E-state index in [1.165, 1.54) is 50.9 Å². The standard InChI is InChI=1S/C17H26N2O/c1-4-11-19(12-5-1)13-6-10-18-16-9-14-20-17-8-3-2-7-15(16)17/h2-3,7-8,16,18H,1,4-6,9-14H2. The number of para-hydroxylation sites is 1. The van der Waals surface area contributed by atoms with Gasteiger partial charge in [0.2, 0.25) is 0 Å². The molecule has 1 atom stereocenters. The summed E-state index contributed by atoms with van der Waals surface area (Å²) in [5.41, 5.74) is 1.33. The first-order chi connectivity index (χ1) is 9.93. The Balaban J connectivity index is 1.43. The van der Waals surface area contributed by atoms with Crippen LogP contribution >= 0.6 is 0 Å². The van der Waals surface area contributed by atoms with Crippen molar-refractivity contribution in [3.63, 3.8) is 0 Å². The molecule has 1 fully saturated rings. The van der Waals surface area contributed by atoms with E-state index in [1.807, 2.05) is 0 Å². The first-order valence-corrected chi connectivity index (χ1v) is 8.11. The van der Waals surface area contributed by atoms with Gasteiger partial charge in [-0.15, -0.1) is 0 Å². The van der Waals surface area contributed by atoms with Crippen molar-refractivity contribution in [3.8, 4) is 5.75 Å². The highest BCUT2D eigenvalue weighted by atomic mass is 16.5. The molecular weight excluding hydrogens is 248 g/mol. The molecule has 3 heteroatoms. The van der Waals surface area contributed by atoms with Crippen LogP contribution in [0, 0.1) is 0 Å². The van der Waals surface area contributed by atoms with Gasteiger partial charge in [-0.05, 0) is 51.5 Å². The zero-order valence-electron chi connectivity index (χ0n) is 12.3. The second-order valence-corrected chi connectivity index (χ2v) is 5.94. The molecule has 0 radical (unpaired) electrons. The van der Waals surface area contributed by atoms with Crippen molar-refractivity contribution in [1.29, 1.82) is 0 Å². The van der Waals surface area contributed by atoms with E-state index in [0.29, 0.717) is 6.04 Å². The molecule has 110 valence electrons. The molecule has 2 heterocycles. The number of nitrogens with zero attached hydrogens (tertiary/aromatic N) is 1. The molecule has 20 heavy (non-hydrogen) atoms. The molecule has 0 aliphatic carbocycles. The van der Waals surface area contributed by atoms with Gasteiger partial charge >= 0.3 is 0 Å². The fourth-order valence-corrected chi connectivity index (χ4v) is 3.32. The van der Waals surface area contributed by atoms with Gasteiger partial charge in [0, 0.05) is 18.0 Å². The van der Waals surface area contributed by atoms with E-state index in [1.54, 1.807) is 0 Å². The molecule has 0 spiro atoms. The first kappa shape index (κ1) is 13.9. The Labute approximate surface area is 122 Å². The minimum atomic E-state index is 0.473. The van der Waals surface area contributed by atoms with Gasteiger partial charge in [-0.1, -0.05) is 24.6 Å².